The maximum absolute atomic E-state index is 13.2. The second-order valence-corrected chi connectivity index (χ2v) is 3.21. The highest BCUT2D eigenvalue weighted by atomic mass is 19.1. The molecule has 2 rings (SSSR count). The van der Waals surface area contributed by atoms with E-state index in [-0.39, 0.29) is 12.2 Å². The van der Waals surface area contributed by atoms with Gasteiger partial charge in [0.05, 0.1) is 7.11 Å². The van der Waals surface area contributed by atoms with E-state index in [1.807, 2.05) is 0 Å². The molecule has 0 saturated heterocycles. The monoisotopic (exact) mass is 214 g/mol. The number of halogens is 2. The third-order valence-corrected chi connectivity index (χ3v) is 2.21. The molecule has 0 aromatic heterocycles. The minimum atomic E-state index is -0.874. The molecule has 1 aromatic rings. The summed E-state index contributed by atoms with van der Waals surface area (Å²) in [5, 5.41) is 0. The van der Waals surface area contributed by atoms with Gasteiger partial charge in [-0.05, 0) is 6.07 Å². The van der Waals surface area contributed by atoms with Crippen LogP contribution in [0.5, 0.6) is 5.75 Å². The molecule has 1 atom stereocenters. The van der Waals surface area contributed by atoms with Gasteiger partial charge in [0.15, 0.2) is 17.7 Å². The van der Waals surface area contributed by atoms with Crippen molar-refractivity contribution in [2.75, 3.05) is 7.11 Å². The van der Waals surface area contributed by atoms with Crippen molar-refractivity contribution in [3.05, 3.63) is 29.3 Å². The minimum Gasteiger partial charge on any atom is -0.475 e. The van der Waals surface area contributed by atoms with Crippen molar-refractivity contribution < 1.29 is 23.0 Å². The third-order valence-electron chi connectivity index (χ3n) is 2.21. The Hall–Kier alpha value is -1.65. The molecule has 1 aliphatic rings. The average Bonchev–Trinajstić information content (AvgIpc) is 2.60. The van der Waals surface area contributed by atoms with E-state index in [1.54, 1.807) is 0 Å². The van der Waals surface area contributed by atoms with Gasteiger partial charge in [0, 0.05) is 18.1 Å². The molecule has 1 aromatic carbocycles. The average molecular weight is 214 g/mol. The van der Waals surface area contributed by atoms with E-state index < -0.39 is 23.7 Å². The summed E-state index contributed by atoms with van der Waals surface area (Å²) in [6, 6.07) is 1.87. The van der Waals surface area contributed by atoms with E-state index >= 15 is 0 Å². The van der Waals surface area contributed by atoms with Crippen LogP contribution in [0.4, 0.5) is 8.78 Å². The van der Waals surface area contributed by atoms with Gasteiger partial charge in [-0.3, -0.25) is 0 Å². The molecule has 15 heavy (non-hydrogen) atoms. The predicted molar refractivity (Wildman–Crippen MR) is 46.5 cm³/mol. The summed E-state index contributed by atoms with van der Waals surface area (Å²) in [6.07, 6.45) is -0.738. The lowest BCUT2D eigenvalue weighted by atomic mass is 10.1. The van der Waals surface area contributed by atoms with Crippen molar-refractivity contribution in [2.45, 2.75) is 12.5 Å². The first kappa shape index (κ1) is 9.89. The first-order chi connectivity index (χ1) is 7.11. The normalized spacial score (nSPS) is 18.2. The van der Waals surface area contributed by atoms with Gasteiger partial charge in [-0.1, -0.05) is 0 Å². The van der Waals surface area contributed by atoms with E-state index in [2.05, 4.69) is 4.74 Å². The smallest absolute Gasteiger partial charge is 0.347 e. The molecule has 0 fully saturated rings. The molecule has 0 radical (unpaired) electrons. The van der Waals surface area contributed by atoms with Gasteiger partial charge >= 0.3 is 5.97 Å². The molecule has 1 unspecified atom stereocenters. The molecular formula is C10H8F2O3. The first-order valence-corrected chi connectivity index (χ1v) is 4.34. The largest absolute Gasteiger partial charge is 0.475 e. The number of esters is 1. The molecule has 5 heteroatoms. The SMILES string of the molecule is COC(=O)C1Cc2cc(F)cc(F)c2O1. The Balaban J connectivity index is 2.31. The van der Waals surface area contributed by atoms with E-state index in [9.17, 15) is 13.6 Å². The number of benzene rings is 1. The van der Waals surface area contributed by atoms with Gasteiger partial charge in [-0.15, -0.1) is 0 Å². The predicted octanol–water partition coefficient (Wildman–Crippen LogP) is 1.44. The van der Waals surface area contributed by atoms with Gasteiger partial charge < -0.3 is 9.47 Å². The first-order valence-electron chi connectivity index (χ1n) is 4.34. The van der Waals surface area contributed by atoms with Crippen LogP contribution in [0.1, 0.15) is 5.56 Å². The Morgan fingerprint density at radius 3 is 2.93 bits per heavy atom. The van der Waals surface area contributed by atoms with Gasteiger partial charge in [0.2, 0.25) is 0 Å². The van der Waals surface area contributed by atoms with Crippen molar-refractivity contribution >= 4 is 5.97 Å². The van der Waals surface area contributed by atoms with Crippen LogP contribution < -0.4 is 4.74 Å². The second-order valence-electron chi connectivity index (χ2n) is 3.21. The maximum Gasteiger partial charge on any atom is 0.347 e. The van der Waals surface area contributed by atoms with E-state index in [1.165, 1.54) is 7.11 Å². The van der Waals surface area contributed by atoms with Crippen molar-refractivity contribution in [2.24, 2.45) is 0 Å². The fourth-order valence-electron chi connectivity index (χ4n) is 1.54. The maximum atomic E-state index is 13.2. The second kappa shape index (κ2) is 3.49. The van der Waals surface area contributed by atoms with Crippen molar-refractivity contribution in [1.29, 1.82) is 0 Å². The Labute approximate surface area is 84.6 Å². The lowest BCUT2D eigenvalue weighted by molar-refractivity contribution is -0.147. The number of rotatable bonds is 1. The van der Waals surface area contributed by atoms with Crippen LogP contribution in [0.3, 0.4) is 0 Å². The third kappa shape index (κ3) is 1.65. The highest BCUT2D eigenvalue weighted by Crippen LogP contribution is 2.32. The zero-order valence-electron chi connectivity index (χ0n) is 7.92. The molecule has 80 valence electrons. The molecular weight excluding hydrogens is 206 g/mol. The van der Waals surface area contributed by atoms with Crippen LogP contribution in [-0.2, 0) is 16.0 Å². The van der Waals surface area contributed by atoms with Gasteiger partial charge in [-0.25, -0.2) is 13.6 Å². The number of hydrogen-bond acceptors (Lipinski definition) is 3. The Bertz CT molecular complexity index is 417. The Morgan fingerprint density at radius 2 is 2.27 bits per heavy atom. The quantitative estimate of drug-likeness (QED) is 0.663. The summed E-state index contributed by atoms with van der Waals surface area (Å²) in [5.41, 5.74) is 0.350. The van der Waals surface area contributed by atoms with Crippen LogP contribution in [0.25, 0.3) is 0 Å². The molecule has 0 amide bonds. The van der Waals surface area contributed by atoms with E-state index in [4.69, 9.17) is 4.74 Å². The number of hydrogen-bond donors (Lipinski definition) is 0. The summed E-state index contributed by atoms with van der Waals surface area (Å²) >= 11 is 0. The van der Waals surface area contributed by atoms with Gasteiger partial charge in [0.1, 0.15) is 5.82 Å². The summed E-state index contributed by atoms with van der Waals surface area (Å²) in [7, 11) is 1.21. The number of ether oxygens (including phenoxy) is 2. The standard InChI is InChI=1S/C10H8F2O3/c1-14-10(13)8-3-5-2-6(11)4-7(12)9(5)15-8/h2,4,8H,3H2,1H3. The van der Waals surface area contributed by atoms with Crippen LogP contribution in [0, 0.1) is 11.6 Å². The molecule has 3 nitrogen and oxygen atoms in total. The van der Waals surface area contributed by atoms with E-state index in [0.29, 0.717) is 5.56 Å². The molecule has 0 spiro atoms. The topological polar surface area (TPSA) is 35.5 Å². The Kier molecular flexibility index (Phi) is 2.30. The van der Waals surface area contributed by atoms with E-state index in [0.717, 1.165) is 12.1 Å². The number of carbonyl (C=O) groups excluding carboxylic acids is 1. The highest BCUT2D eigenvalue weighted by molar-refractivity contribution is 5.76. The lowest BCUT2D eigenvalue weighted by Gasteiger charge is -2.07. The van der Waals surface area contributed by atoms with Gasteiger partial charge in [-0.2, -0.15) is 0 Å². The lowest BCUT2D eigenvalue weighted by Crippen LogP contribution is -2.26. The van der Waals surface area contributed by atoms with Crippen molar-refractivity contribution in [3.63, 3.8) is 0 Å². The fraction of sp³-hybridized carbons (Fsp3) is 0.300. The molecule has 0 N–H and O–H groups in total. The molecule has 0 aliphatic carbocycles. The van der Waals surface area contributed by atoms with Crippen molar-refractivity contribution in [1.82, 2.24) is 0 Å². The zero-order valence-corrected chi connectivity index (χ0v) is 7.92. The molecule has 0 saturated carbocycles. The summed E-state index contributed by atoms with van der Waals surface area (Å²) in [4.78, 5) is 11.1. The summed E-state index contributed by atoms with van der Waals surface area (Å²) < 4.78 is 35.5. The number of carbonyl (C=O) groups is 1. The van der Waals surface area contributed by atoms with Crippen LogP contribution in [-0.4, -0.2) is 19.2 Å². The number of methoxy groups -OCH3 is 1. The van der Waals surface area contributed by atoms with Crippen LogP contribution in [0.2, 0.25) is 0 Å². The summed E-state index contributed by atoms with van der Waals surface area (Å²) in [5.74, 6) is -2.13. The minimum absolute atomic E-state index is 0.0631. The van der Waals surface area contributed by atoms with Crippen molar-refractivity contribution in [3.8, 4) is 5.75 Å². The molecule has 1 heterocycles. The molecule has 0 bridgehead atoms. The van der Waals surface area contributed by atoms with Gasteiger partial charge in [0.25, 0.3) is 0 Å². The van der Waals surface area contributed by atoms with Crippen LogP contribution >= 0.6 is 0 Å². The Morgan fingerprint density at radius 1 is 1.53 bits per heavy atom. The highest BCUT2D eigenvalue weighted by Gasteiger charge is 2.32. The fourth-order valence-corrected chi connectivity index (χ4v) is 1.54. The summed E-state index contributed by atoms with van der Waals surface area (Å²) in [6.45, 7) is 0. The molecule has 1 aliphatic heterocycles. The number of fused-ring (bicyclic) bond motifs is 1. The zero-order chi connectivity index (χ0) is 11.0. The van der Waals surface area contributed by atoms with Crippen LogP contribution in [0.15, 0.2) is 12.1 Å².